The molecule has 104 valence electrons. The van der Waals surface area contributed by atoms with Gasteiger partial charge in [0.25, 0.3) is 0 Å². The lowest BCUT2D eigenvalue weighted by Crippen LogP contribution is -2.50. The predicted molar refractivity (Wildman–Crippen MR) is 70.5 cm³/mol. The molecule has 5 heteroatoms. The van der Waals surface area contributed by atoms with E-state index in [1.54, 1.807) is 0 Å². The van der Waals surface area contributed by atoms with Gasteiger partial charge in [-0.1, -0.05) is 0 Å². The summed E-state index contributed by atoms with van der Waals surface area (Å²) in [5, 5.41) is 6.25. The quantitative estimate of drug-likeness (QED) is 0.732. The average Bonchev–Trinajstić information content (AvgIpc) is 2.81. The van der Waals surface area contributed by atoms with Crippen molar-refractivity contribution >= 4 is 5.91 Å². The van der Waals surface area contributed by atoms with Crippen molar-refractivity contribution in [3.8, 4) is 0 Å². The smallest absolute Gasteiger partial charge is 0.224 e. The maximum absolute atomic E-state index is 11.8. The number of rotatable bonds is 4. The molecule has 1 unspecified atom stereocenters. The van der Waals surface area contributed by atoms with E-state index in [0.29, 0.717) is 0 Å². The standard InChI is InChI=1S/C13H25N3O2/c1-13(2)10-16(7-8-18-13)6-5-15-12(17)11-3-4-14-9-11/h11,14H,3-10H2,1-2H3,(H,15,17). The molecule has 0 aromatic carbocycles. The number of morpholine rings is 1. The third-order valence-electron chi connectivity index (χ3n) is 3.66. The van der Waals surface area contributed by atoms with Crippen molar-refractivity contribution < 1.29 is 9.53 Å². The maximum Gasteiger partial charge on any atom is 0.224 e. The molecular formula is C13H25N3O2. The zero-order valence-electron chi connectivity index (χ0n) is 11.5. The first-order valence-electron chi connectivity index (χ1n) is 6.91. The minimum Gasteiger partial charge on any atom is -0.373 e. The van der Waals surface area contributed by atoms with Gasteiger partial charge in [-0.25, -0.2) is 0 Å². The van der Waals surface area contributed by atoms with Crippen molar-refractivity contribution in [1.29, 1.82) is 0 Å². The molecule has 2 aliphatic heterocycles. The lowest BCUT2D eigenvalue weighted by molar-refractivity contribution is -0.124. The van der Waals surface area contributed by atoms with Crippen molar-refractivity contribution in [2.24, 2.45) is 5.92 Å². The number of nitrogens with zero attached hydrogens (tertiary/aromatic N) is 1. The highest BCUT2D eigenvalue weighted by molar-refractivity contribution is 5.79. The molecular weight excluding hydrogens is 230 g/mol. The molecule has 0 aromatic rings. The van der Waals surface area contributed by atoms with Gasteiger partial charge in [0.15, 0.2) is 0 Å². The van der Waals surface area contributed by atoms with Gasteiger partial charge >= 0.3 is 0 Å². The van der Waals surface area contributed by atoms with Crippen molar-refractivity contribution in [2.75, 3.05) is 45.9 Å². The number of nitrogens with one attached hydrogen (secondary N) is 2. The first kappa shape index (κ1) is 13.8. The molecule has 0 spiro atoms. The molecule has 5 nitrogen and oxygen atoms in total. The van der Waals surface area contributed by atoms with E-state index in [4.69, 9.17) is 4.74 Å². The Kier molecular flexibility index (Phi) is 4.59. The van der Waals surface area contributed by atoms with Crippen molar-refractivity contribution in [3.63, 3.8) is 0 Å². The topological polar surface area (TPSA) is 53.6 Å². The minimum absolute atomic E-state index is 0.0579. The van der Waals surface area contributed by atoms with Crippen LogP contribution in [0.1, 0.15) is 20.3 Å². The summed E-state index contributed by atoms with van der Waals surface area (Å²) in [6.45, 7) is 10.4. The van der Waals surface area contributed by atoms with Gasteiger partial charge in [-0.05, 0) is 26.8 Å². The second kappa shape index (κ2) is 5.99. The summed E-state index contributed by atoms with van der Waals surface area (Å²) < 4.78 is 5.67. The normalized spacial score (nSPS) is 28.2. The fraction of sp³-hybridized carbons (Fsp3) is 0.923. The van der Waals surface area contributed by atoms with E-state index in [2.05, 4.69) is 29.4 Å². The first-order valence-corrected chi connectivity index (χ1v) is 6.91. The van der Waals surface area contributed by atoms with Crippen LogP contribution < -0.4 is 10.6 Å². The zero-order chi connectivity index (χ0) is 13.0. The summed E-state index contributed by atoms with van der Waals surface area (Å²) in [6.07, 6.45) is 0.969. The van der Waals surface area contributed by atoms with Crippen LogP contribution in [0.4, 0.5) is 0 Å². The third kappa shape index (κ3) is 3.93. The Bertz CT molecular complexity index is 288. The van der Waals surface area contributed by atoms with Gasteiger partial charge in [0.1, 0.15) is 0 Å². The highest BCUT2D eigenvalue weighted by Gasteiger charge is 2.27. The SMILES string of the molecule is CC1(C)CN(CCNC(=O)C2CCNC2)CCO1. The van der Waals surface area contributed by atoms with Crippen molar-refractivity contribution in [1.82, 2.24) is 15.5 Å². The third-order valence-corrected chi connectivity index (χ3v) is 3.66. The average molecular weight is 255 g/mol. The van der Waals surface area contributed by atoms with E-state index < -0.39 is 0 Å². The number of carbonyl (C=O) groups excluding carboxylic acids is 1. The lowest BCUT2D eigenvalue weighted by Gasteiger charge is -2.38. The largest absolute Gasteiger partial charge is 0.373 e. The van der Waals surface area contributed by atoms with Crippen molar-refractivity contribution in [3.05, 3.63) is 0 Å². The molecule has 1 amide bonds. The van der Waals surface area contributed by atoms with Gasteiger partial charge in [-0.15, -0.1) is 0 Å². The fourth-order valence-electron chi connectivity index (χ4n) is 2.67. The van der Waals surface area contributed by atoms with Crippen LogP contribution in [0, 0.1) is 5.92 Å². The van der Waals surface area contributed by atoms with E-state index in [1.165, 1.54) is 0 Å². The Morgan fingerprint density at radius 2 is 2.39 bits per heavy atom. The van der Waals surface area contributed by atoms with Gasteiger partial charge in [-0.3, -0.25) is 9.69 Å². The molecule has 0 radical (unpaired) electrons. The van der Waals surface area contributed by atoms with Crippen LogP contribution in [0.3, 0.4) is 0 Å². The zero-order valence-corrected chi connectivity index (χ0v) is 11.5. The summed E-state index contributed by atoms with van der Waals surface area (Å²) in [5.74, 6) is 0.374. The molecule has 0 saturated carbocycles. The molecule has 18 heavy (non-hydrogen) atoms. The highest BCUT2D eigenvalue weighted by atomic mass is 16.5. The van der Waals surface area contributed by atoms with Gasteiger partial charge in [0.2, 0.25) is 5.91 Å². The van der Waals surface area contributed by atoms with Gasteiger partial charge in [0.05, 0.1) is 18.1 Å². The second-order valence-electron chi connectivity index (χ2n) is 5.87. The van der Waals surface area contributed by atoms with Gasteiger partial charge in [-0.2, -0.15) is 0 Å². The van der Waals surface area contributed by atoms with Crippen molar-refractivity contribution in [2.45, 2.75) is 25.9 Å². The Morgan fingerprint density at radius 3 is 3.06 bits per heavy atom. The Balaban J connectivity index is 1.64. The van der Waals surface area contributed by atoms with Crippen LogP contribution in [0.15, 0.2) is 0 Å². The minimum atomic E-state index is -0.0579. The molecule has 1 atom stereocenters. The Labute approximate surface area is 109 Å². The molecule has 2 fully saturated rings. The van der Waals surface area contributed by atoms with E-state index in [-0.39, 0.29) is 17.4 Å². The van der Waals surface area contributed by atoms with E-state index >= 15 is 0 Å². The Morgan fingerprint density at radius 1 is 1.56 bits per heavy atom. The van der Waals surface area contributed by atoms with Crippen LogP contribution in [0.2, 0.25) is 0 Å². The fourth-order valence-corrected chi connectivity index (χ4v) is 2.67. The molecule has 2 N–H and O–H groups in total. The molecule has 0 aliphatic carbocycles. The number of ether oxygens (including phenoxy) is 1. The number of hydrogen-bond acceptors (Lipinski definition) is 4. The van der Waals surface area contributed by atoms with Crippen LogP contribution >= 0.6 is 0 Å². The van der Waals surface area contributed by atoms with E-state index in [1.807, 2.05) is 0 Å². The summed E-state index contributed by atoms with van der Waals surface area (Å²) >= 11 is 0. The number of hydrogen-bond donors (Lipinski definition) is 2. The monoisotopic (exact) mass is 255 g/mol. The van der Waals surface area contributed by atoms with Crippen LogP contribution in [-0.2, 0) is 9.53 Å². The number of amides is 1. The summed E-state index contributed by atoms with van der Waals surface area (Å²) in [6, 6.07) is 0. The van der Waals surface area contributed by atoms with Gasteiger partial charge < -0.3 is 15.4 Å². The molecule has 0 bridgehead atoms. The summed E-state index contributed by atoms with van der Waals surface area (Å²) in [7, 11) is 0. The van der Waals surface area contributed by atoms with E-state index in [0.717, 1.165) is 52.3 Å². The van der Waals surface area contributed by atoms with Crippen LogP contribution in [0.25, 0.3) is 0 Å². The van der Waals surface area contributed by atoms with Crippen LogP contribution in [-0.4, -0.2) is 62.3 Å². The van der Waals surface area contributed by atoms with Gasteiger partial charge in [0, 0.05) is 32.7 Å². The summed E-state index contributed by atoms with van der Waals surface area (Å²) in [4.78, 5) is 14.2. The molecule has 2 saturated heterocycles. The van der Waals surface area contributed by atoms with Crippen LogP contribution in [0.5, 0.6) is 0 Å². The maximum atomic E-state index is 11.8. The summed E-state index contributed by atoms with van der Waals surface area (Å²) in [5.41, 5.74) is -0.0579. The highest BCUT2D eigenvalue weighted by Crippen LogP contribution is 2.15. The lowest BCUT2D eigenvalue weighted by atomic mass is 10.1. The Hall–Kier alpha value is -0.650. The second-order valence-corrected chi connectivity index (χ2v) is 5.87. The number of carbonyl (C=O) groups is 1. The molecule has 2 rings (SSSR count). The molecule has 0 aromatic heterocycles. The van der Waals surface area contributed by atoms with E-state index in [9.17, 15) is 4.79 Å². The predicted octanol–water partition coefficient (Wildman–Crippen LogP) is -0.177. The first-order chi connectivity index (χ1) is 8.57. The molecule has 2 heterocycles. The molecule has 2 aliphatic rings.